The highest BCUT2D eigenvalue weighted by Gasteiger charge is 2.42. The summed E-state index contributed by atoms with van der Waals surface area (Å²) in [6.45, 7) is 4.96. The van der Waals surface area contributed by atoms with Gasteiger partial charge in [0.1, 0.15) is 5.75 Å². The van der Waals surface area contributed by atoms with Crippen molar-refractivity contribution in [3.63, 3.8) is 0 Å². The molecule has 138 valence electrons. The minimum atomic E-state index is 0.202. The third kappa shape index (κ3) is 3.64. The Morgan fingerprint density at radius 3 is 2.96 bits per heavy atom. The maximum Gasteiger partial charge on any atom is 0.254 e. The van der Waals surface area contributed by atoms with Crippen LogP contribution in [0, 0.1) is 5.41 Å². The van der Waals surface area contributed by atoms with Gasteiger partial charge in [-0.1, -0.05) is 12.1 Å². The number of likely N-dealkylation sites (tertiary alicyclic amines) is 2. The van der Waals surface area contributed by atoms with E-state index in [1.54, 1.807) is 18.4 Å². The van der Waals surface area contributed by atoms with Crippen LogP contribution in [0.25, 0.3) is 0 Å². The average molecular weight is 371 g/mol. The van der Waals surface area contributed by atoms with Crippen LogP contribution in [-0.4, -0.2) is 49.0 Å². The summed E-state index contributed by atoms with van der Waals surface area (Å²) in [5, 5.41) is 3.94. The molecule has 1 unspecified atom stereocenters. The zero-order valence-electron chi connectivity index (χ0n) is 15.3. The third-order valence-electron chi connectivity index (χ3n) is 5.77. The molecule has 0 radical (unpaired) electrons. The summed E-state index contributed by atoms with van der Waals surface area (Å²) in [5.74, 6) is 1.12. The van der Waals surface area contributed by atoms with Crippen LogP contribution in [0.15, 0.2) is 41.1 Å². The van der Waals surface area contributed by atoms with Crippen LogP contribution in [0.1, 0.15) is 35.2 Å². The molecule has 0 bridgehead atoms. The van der Waals surface area contributed by atoms with Gasteiger partial charge in [-0.3, -0.25) is 9.69 Å². The van der Waals surface area contributed by atoms with Crippen molar-refractivity contribution in [2.75, 3.05) is 33.3 Å². The third-order valence-corrected chi connectivity index (χ3v) is 6.46. The molecule has 2 aliphatic heterocycles. The Labute approximate surface area is 159 Å². The molecule has 2 aliphatic rings. The van der Waals surface area contributed by atoms with Gasteiger partial charge in [-0.25, -0.2) is 0 Å². The predicted octanol–water partition coefficient (Wildman–Crippen LogP) is 3.89. The van der Waals surface area contributed by atoms with E-state index in [2.05, 4.69) is 28.0 Å². The normalized spacial score (nSPS) is 23.5. The van der Waals surface area contributed by atoms with E-state index in [0.717, 1.165) is 50.5 Å². The Balaban J connectivity index is 1.41. The van der Waals surface area contributed by atoms with E-state index in [9.17, 15) is 4.79 Å². The summed E-state index contributed by atoms with van der Waals surface area (Å²) in [6.07, 6.45) is 3.57. The highest BCUT2D eigenvalue weighted by Crippen LogP contribution is 2.40. The highest BCUT2D eigenvalue weighted by atomic mass is 32.1. The van der Waals surface area contributed by atoms with E-state index < -0.39 is 0 Å². The quantitative estimate of drug-likeness (QED) is 0.819. The van der Waals surface area contributed by atoms with Crippen LogP contribution in [-0.2, 0) is 6.54 Å². The Kier molecular flexibility index (Phi) is 5.00. The lowest BCUT2D eigenvalue weighted by molar-refractivity contribution is 0.0675. The van der Waals surface area contributed by atoms with Gasteiger partial charge in [0.15, 0.2) is 0 Å². The summed E-state index contributed by atoms with van der Waals surface area (Å²) in [5.41, 5.74) is 2.41. The van der Waals surface area contributed by atoms with Crippen LogP contribution in [0.2, 0.25) is 0 Å². The molecule has 1 aromatic heterocycles. The highest BCUT2D eigenvalue weighted by molar-refractivity contribution is 7.08. The number of piperidine rings is 1. The number of hydrogen-bond acceptors (Lipinski definition) is 4. The van der Waals surface area contributed by atoms with Crippen molar-refractivity contribution in [2.45, 2.75) is 25.8 Å². The van der Waals surface area contributed by atoms with Gasteiger partial charge in [-0.05, 0) is 54.9 Å². The van der Waals surface area contributed by atoms with Gasteiger partial charge in [0.25, 0.3) is 5.91 Å². The fourth-order valence-corrected chi connectivity index (χ4v) is 5.11. The standard InChI is InChI=1S/C21H26N2O2S/c1-25-19-5-2-4-17(12-19)13-22-9-3-7-21(15-22)8-10-23(16-21)20(24)18-6-11-26-14-18/h2,4-6,11-12,14H,3,7-10,13,15-16H2,1H3. The first-order chi connectivity index (χ1) is 12.7. The van der Waals surface area contributed by atoms with Gasteiger partial charge in [0, 0.05) is 37.0 Å². The first kappa shape index (κ1) is 17.6. The molecule has 26 heavy (non-hydrogen) atoms. The molecule has 0 N–H and O–H groups in total. The van der Waals surface area contributed by atoms with Gasteiger partial charge in [0.2, 0.25) is 0 Å². The van der Waals surface area contributed by atoms with Crippen molar-refractivity contribution in [3.05, 3.63) is 52.2 Å². The van der Waals surface area contributed by atoms with E-state index in [4.69, 9.17) is 4.74 Å². The second-order valence-electron chi connectivity index (χ2n) is 7.65. The van der Waals surface area contributed by atoms with Crippen molar-refractivity contribution < 1.29 is 9.53 Å². The maximum absolute atomic E-state index is 12.7. The number of thiophene rings is 1. The number of hydrogen-bond donors (Lipinski definition) is 0. The molecule has 0 aliphatic carbocycles. The zero-order valence-corrected chi connectivity index (χ0v) is 16.1. The maximum atomic E-state index is 12.7. The molecule has 2 aromatic rings. The molecular formula is C21H26N2O2S. The van der Waals surface area contributed by atoms with E-state index in [0.29, 0.717) is 0 Å². The van der Waals surface area contributed by atoms with Gasteiger partial charge < -0.3 is 9.64 Å². The molecule has 2 saturated heterocycles. The topological polar surface area (TPSA) is 32.8 Å². The lowest BCUT2D eigenvalue weighted by atomic mass is 9.79. The monoisotopic (exact) mass is 370 g/mol. The summed E-state index contributed by atoms with van der Waals surface area (Å²) >= 11 is 1.59. The van der Waals surface area contributed by atoms with Gasteiger partial charge in [0.05, 0.1) is 12.7 Å². The first-order valence-corrected chi connectivity index (χ1v) is 10.3. The molecule has 4 nitrogen and oxygen atoms in total. The van der Waals surface area contributed by atoms with E-state index >= 15 is 0 Å². The second kappa shape index (κ2) is 7.41. The lowest BCUT2D eigenvalue weighted by Gasteiger charge is -2.40. The Bertz CT molecular complexity index is 761. The van der Waals surface area contributed by atoms with Crippen molar-refractivity contribution in [1.29, 1.82) is 0 Å². The van der Waals surface area contributed by atoms with Crippen LogP contribution in [0.3, 0.4) is 0 Å². The Morgan fingerprint density at radius 2 is 2.15 bits per heavy atom. The van der Waals surface area contributed by atoms with Crippen LogP contribution in [0.4, 0.5) is 0 Å². The van der Waals surface area contributed by atoms with E-state index in [-0.39, 0.29) is 11.3 Å². The predicted molar refractivity (Wildman–Crippen MR) is 105 cm³/mol. The van der Waals surface area contributed by atoms with Crippen molar-refractivity contribution in [3.8, 4) is 5.75 Å². The number of carbonyl (C=O) groups is 1. The Morgan fingerprint density at radius 1 is 1.23 bits per heavy atom. The number of methoxy groups -OCH3 is 1. The molecule has 3 heterocycles. The SMILES string of the molecule is COc1cccc(CN2CCCC3(CCN(C(=O)c4ccsc4)C3)C2)c1. The largest absolute Gasteiger partial charge is 0.497 e. The molecular weight excluding hydrogens is 344 g/mol. The number of amides is 1. The number of benzene rings is 1. The summed E-state index contributed by atoms with van der Waals surface area (Å²) < 4.78 is 5.35. The summed E-state index contributed by atoms with van der Waals surface area (Å²) in [6, 6.07) is 10.3. The minimum Gasteiger partial charge on any atom is -0.497 e. The van der Waals surface area contributed by atoms with Crippen LogP contribution < -0.4 is 4.74 Å². The molecule has 1 amide bonds. The number of carbonyl (C=O) groups excluding carboxylic acids is 1. The minimum absolute atomic E-state index is 0.202. The Hall–Kier alpha value is -1.85. The molecule has 0 saturated carbocycles. The fourth-order valence-electron chi connectivity index (χ4n) is 4.48. The molecule has 2 fully saturated rings. The lowest BCUT2D eigenvalue weighted by Crippen LogP contribution is -2.45. The van der Waals surface area contributed by atoms with E-state index in [1.807, 2.05) is 22.9 Å². The molecule has 1 atom stereocenters. The summed E-state index contributed by atoms with van der Waals surface area (Å²) in [7, 11) is 1.71. The average Bonchev–Trinajstić information content (AvgIpc) is 3.32. The van der Waals surface area contributed by atoms with Crippen LogP contribution in [0.5, 0.6) is 5.75 Å². The number of ether oxygens (including phenoxy) is 1. The summed E-state index contributed by atoms with van der Waals surface area (Å²) in [4.78, 5) is 17.3. The molecule has 4 rings (SSSR count). The van der Waals surface area contributed by atoms with Crippen molar-refractivity contribution in [2.24, 2.45) is 5.41 Å². The van der Waals surface area contributed by atoms with Crippen molar-refractivity contribution in [1.82, 2.24) is 9.80 Å². The second-order valence-corrected chi connectivity index (χ2v) is 8.43. The molecule has 1 spiro atoms. The first-order valence-electron chi connectivity index (χ1n) is 9.34. The van der Waals surface area contributed by atoms with Gasteiger partial charge in [-0.2, -0.15) is 11.3 Å². The fraction of sp³-hybridized carbons (Fsp3) is 0.476. The molecule has 5 heteroatoms. The number of rotatable bonds is 4. The van der Waals surface area contributed by atoms with Gasteiger partial charge in [-0.15, -0.1) is 0 Å². The van der Waals surface area contributed by atoms with Gasteiger partial charge >= 0.3 is 0 Å². The van der Waals surface area contributed by atoms with E-state index in [1.165, 1.54) is 18.4 Å². The number of nitrogens with zero attached hydrogens (tertiary/aromatic N) is 2. The van der Waals surface area contributed by atoms with Crippen molar-refractivity contribution >= 4 is 17.2 Å². The molecule has 1 aromatic carbocycles. The smallest absolute Gasteiger partial charge is 0.254 e. The van der Waals surface area contributed by atoms with Crippen LogP contribution >= 0.6 is 11.3 Å². The zero-order chi connectivity index (χ0) is 18.0.